The number of furan rings is 1. The molecule has 1 aliphatic heterocycles. The molecule has 4 rings (SSSR count). The minimum absolute atomic E-state index is 0.0732. The molecule has 7 nitrogen and oxygen atoms in total. The molecule has 0 amide bonds. The molecule has 1 aliphatic rings. The average molecular weight is 341 g/mol. The van der Waals surface area contributed by atoms with E-state index in [0.717, 1.165) is 11.3 Å². The van der Waals surface area contributed by atoms with Crippen LogP contribution in [0, 0.1) is 0 Å². The Morgan fingerprint density at radius 1 is 1.32 bits per heavy atom. The lowest BCUT2D eigenvalue weighted by Crippen LogP contribution is -2.24. The standard InChI is InChI=1S/C18H19N3O4/c1-23-14-5-2-4-12(8-14)15-9-13(22)10-21(15)11-17-19-18(20-25-17)16-6-3-7-24-16/h2-8,13,15,22H,9-11H2,1H3/t13-,15-/m0/s1. The van der Waals surface area contributed by atoms with Gasteiger partial charge in [0.25, 0.3) is 0 Å². The van der Waals surface area contributed by atoms with E-state index < -0.39 is 0 Å². The first-order valence-electron chi connectivity index (χ1n) is 8.15. The summed E-state index contributed by atoms with van der Waals surface area (Å²) in [5, 5.41) is 14.1. The number of aromatic nitrogens is 2. The first kappa shape index (κ1) is 15.9. The maximum absolute atomic E-state index is 10.1. The summed E-state index contributed by atoms with van der Waals surface area (Å²) in [5.74, 6) is 2.30. The molecule has 130 valence electrons. The molecule has 0 unspecified atom stereocenters. The summed E-state index contributed by atoms with van der Waals surface area (Å²) in [6, 6.07) is 11.5. The molecule has 7 heteroatoms. The van der Waals surface area contributed by atoms with Crippen LogP contribution in [-0.2, 0) is 6.54 Å². The highest BCUT2D eigenvalue weighted by atomic mass is 16.5. The van der Waals surface area contributed by atoms with Crippen molar-refractivity contribution in [3.8, 4) is 17.3 Å². The summed E-state index contributed by atoms with van der Waals surface area (Å²) >= 11 is 0. The van der Waals surface area contributed by atoms with Crippen molar-refractivity contribution in [2.24, 2.45) is 0 Å². The molecule has 0 aliphatic carbocycles. The Labute approximate surface area is 144 Å². The predicted octanol–water partition coefficient (Wildman–Crippen LogP) is 2.65. The molecule has 1 aromatic carbocycles. The second-order valence-electron chi connectivity index (χ2n) is 6.10. The number of hydrogen-bond acceptors (Lipinski definition) is 7. The smallest absolute Gasteiger partial charge is 0.241 e. The number of nitrogens with zero attached hydrogens (tertiary/aromatic N) is 3. The molecule has 1 fully saturated rings. The molecule has 2 aromatic heterocycles. The van der Waals surface area contributed by atoms with Crippen LogP contribution in [0.15, 0.2) is 51.6 Å². The first-order valence-corrected chi connectivity index (χ1v) is 8.15. The van der Waals surface area contributed by atoms with Crippen LogP contribution in [0.3, 0.4) is 0 Å². The molecule has 1 saturated heterocycles. The van der Waals surface area contributed by atoms with Crippen LogP contribution in [0.4, 0.5) is 0 Å². The van der Waals surface area contributed by atoms with Crippen molar-refractivity contribution >= 4 is 0 Å². The Kier molecular flexibility index (Phi) is 4.25. The van der Waals surface area contributed by atoms with E-state index in [1.165, 1.54) is 0 Å². The zero-order chi connectivity index (χ0) is 17.2. The zero-order valence-corrected chi connectivity index (χ0v) is 13.8. The summed E-state index contributed by atoms with van der Waals surface area (Å²) in [7, 11) is 1.65. The Bertz CT molecular complexity index is 830. The Hall–Kier alpha value is -2.64. The lowest BCUT2D eigenvalue weighted by molar-refractivity contribution is 0.164. The monoisotopic (exact) mass is 341 g/mol. The quantitative estimate of drug-likeness (QED) is 0.763. The van der Waals surface area contributed by atoms with Crippen LogP contribution in [0.2, 0.25) is 0 Å². The fraction of sp³-hybridized carbons (Fsp3) is 0.333. The van der Waals surface area contributed by atoms with E-state index in [0.29, 0.717) is 37.0 Å². The molecule has 0 radical (unpaired) electrons. The molecule has 0 saturated carbocycles. The number of aliphatic hydroxyl groups excluding tert-OH is 1. The Morgan fingerprint density at radius 3 is 3.04 bits per heavy atom. The first-order chi connectivity index (χ1) is 12.2. The van der Waals surface area contributed by atoms with E-state index in [1.807, 2.05) is 24.3 Å². The number of rotatable bonds is 5. The number of likely N-dealkylation sites (tertiary alicyclic amines) is 1. The van der Waals surface area contributed by atoms with Crippen LogP contribution in [0.1, 0.15) is 23.9 Å². The largest absolute Gasteiger partial charge is 0.497 e. The van der Waals surface area contributed by atoms with E-state index in [-0.39, 0.29) is 12.1 Å². The number of hydrogen-bond donors (Lipinski definition) is 1. The van der Waals surface area contributed by atoms with Crippen molar-refractivity contribution in [3.05, 3.63) is 54.1 Å². The van der Waals surface area contributed by atoms with E-state index in [2.05, 4.69) is 15.0 Å². The number of β-amino-alcohol motifs (C(OH)–C–C–N with tert-alkyl or cyclic N) is 1. The fourth-order valence-electron chi connectivity index (χ4n) is 3.25. The number of ether oxygens (including phenoxy) is 1. The third-order valence-corrected chi connectivity index (χ3v) is 4.41. The van der Waals surface area contributed by atoms with Gasteiger partial charge in [0.2, 0.25) is 11.7 Å². The van der Waals surface area contributed by atoms with E-state index >= 15 is 0 Å². The lowest BCUT2D eigenvalue weighted by Gasteiger charge is -2.23. The third-order valence-electron chi connectivity index (χ3n) is 4.41. The maximum Gasteiger partial charge on any atom is 0.241 e. The molecule has 2 atom stereocenters. The van der Waals surface area contributed by atoms with Gasteiger partial charge in [-0.25, -0.2) is 0 Å². The minimum atomic E-state index is -0.385. The highest BCUT2D eigenvalue weighted by Crippen LogP contribution is 2.34. The van der Waals surface area contributed by atoms with Gasteiger partial charge in [-0.05, 0) is 36.2 Å². The van der Waals surface area contributed by atoms with Crippen LogP contribution >= 0.6 is 0 Å². The van der Waals surface area contributed by atoms with Crippen molar-refractivity contribution in [2.75, 3.05) is 13.7 Å². The fourth-order valence-corrected chi connectivity index (χ4v) is 3.25. The van der Waals surface area contributed by atoms with Gasteiger partial charge in [-0.1, -0.05) is 17.3 Å². The van der Waals surface area contributed by atoms with Gasteiger partial charge in [-0.3, -0.25) is 4.90 Å². The van der Waals surface area contributed by atoms with Gasteiger partial charge < -0.3 is 18.8 Å². The zero-order valence-electron chi connectivity index (χ0n) is 13.8. The predicted molar refractivity (Wildman–Crippen MR) is 88.8 cm³/mol. The molecule has 0 bridgehead atoms. The van der Waals surface area contributed by atoms with Crippen LogP contribution in [0.25, 0.3) is 11.6 Å². The molecule has 3 aromatic rings. The Balaban J connectivity index is 1.54. The van der Waals surface area contributed by atoms with Crippen molar-refractivity contribution in [1.29, 1.82) is 0 Å². The van der Waals surface area contributed by atoms with Gasteiger partial charge in [0.15, 0.2) is 5.76 Å². The van der Waals surface area contributed by atoms with Crippen LogP contribution in [0.5, 0.6) is 5.75 Å². The van der Waals surface area contributed by atoms with Gasteiger partial charge in [0.05, 0.1) is 26.0 Å². The molecule has 1 N–H and O–H groups in total. The number of aliphatic hydroxyl groups is 1. The van der Waals surface area contributed by atoms with E-state index in [9.17, 15) is 5.11 Å². The van der Waals surface area contributed by atoms with Crippen molar-refractivity contribution in [3.63, 3.8) is 0 Å². The summed E-state index contributed by atoms with van der Waals surface area (Å²) < 4.78 is 15.9. The molecule has 3 heterocycles. The summed E-state index contributed by atoms with van der Waals surface area (Å²) in [6.07, 6.45) is 1.84. The molecule has 25 heavy (non-hydrogen) atoms. The van der Waals surface area contributed by atoms with Gasteiger partial charge >= 0.3 is 0 Å². The highest BCUT2D eigenvalue weighted by molar-refractivity contribution is 5.44. The molecular formula is C18H19N3O4. The number of methoxy groups -OCH3 is 1. The van der Waals surface area contributed by atoms with E-state index in [1.54, 1.807) is 25.5 Å². The minimum Gasteiger partial charge on any atom is -0.497 e. The summed E-state index contributed by atoms with van der Waals surface area (Å²) in [6.45, 7) is 1.02. The average Bonchev–Trinajstić information content (AvgIpc) is 3.36. The van der Waals surface area contributed by atoms with Gasteiger partial charge in [0.1, 0.15) is 5.75 Å². The van der Waals surface area contributed by atoms with Gasteiger partial charge in [-0.2, -0.15) is 4.98 Å². The lowest BCUT2D eigenvalue weighted by atomic mass is 10.0. The second kappa shape index (κ2) is 6.70. The van der Waals surface area contributed by atoms with Crippen LogP contribution in [-0.4, -0.2) is 39.9 Å². The summed E-state index contributed by atoms with van der Waals surface area (Å²) in [4.78, 5) is 6.52. The third kappa shape index (κ3) is 3.29. The normalized spacial score (nSPS) is 20.9. The van der Waals surface area contributed by atoms with E-state index in [4.69, 9.17) is 13.7 Å². The maximum atomic E-state index is 10.1. The topological polar surface area (TPSA) is 84.8 Å². The molecular weight excluding hydrogens is 322 g/mol. The van der Waals surface area contributed by atoms with Gasteiger partial charge in [-0.15, -0.1) is 0 Å². The second-order valence-corrected chi connectivity index (χ2v) is 6.10. The molecule has 0 spiro atoms. The summed E-state index contributed by atoms with van der Waals surface area (Å²) in [5.41, 5.74) is 1.10. The van der Waals surface area contributed by atoms with Crippen molar-refractivity contribution in [2.45, 2.75) is 25.1 Å². The SMILES string of the molecule is COc1cccc([C@@H]2C[C@H](O)CN2Cc2nc(-c3ccco3)no2)c1. The van der Waals surface area contributed by atoms with Crippen LogP contribution < -0.4 is 4.74 Å². The highest BCUT2D eigenvalue weighted by Gasteiger charge is 2.33. The van der Waals surface area contributed by atoms with Crippen molar-refractivity contribution < 1.29 is 18.8 Å². The Morgan fingerprint density at radius 2 is 2.24 bits per heavy atom. The van der Waals surface area contributed by atoms with Gasteiger partial charge in [0, 0.05) is 12.6 Å². The van der Waals surface area contributed by atoms with Crippen molar-refractivity contribution in [1.82, 2.24) is 15.0 Å². The number of benzene rings is 1.